The summed E-state index contributed by atoms with van der Waals surface area (Å²) in [6.45, 7) is 2.75. The summed E-state index contributed by atoms with van der Waals surface area (Å²) in [5.74, 6) is 1.32. The number of para-hydroxylation sites is 1. The van der Waals surface area contributed by atoms with Crippen LogP contribution in [0, 0.1) is 0 Å². The first-order chi connectivity index (χ1) is 18.2. The van der Waals surface area contributed by atoms with Gasteiger partial charge in [0, 0.05) is 26.3 Å². The van der Waals surface area contributed by atoms with Gasteiger partial charge in [-0.1, -0.05) is 78.5 Å². The van der Waals surface area contributed by atoms with Crippen molar-refractivity contribution in [1.29, 1.82) is 0 Å². The Labute approximate surface area is 221 Å². The average Bonchev–Trinajstić information content (AvgIpc) is 2.94. The highest BCUT2D eigenvalue weighted by atomic mass is 32.2. The molecule has 37 heavy (non-hydrogen) atoms. The monoisotopic (exact) mass is 505 g/mol. The first-order valence-electron chi connectivity index (χ1n) is 12.2. The van der Waals surface area contributed by atoms with Gasteiger partial charge >= 0.3 is 0 Å². The number of nitrogens with one attached hydrogen (secondary N) is 1. The Morgan fingerprint density at radius 3 is 2.38 bits per heavy atom. The number of rotatable bonds is 9. The standard InChI is InChI=1S/C32H27NO3S/c1-2-35-29-20-19-24(21-25(29)22-36-30-17-10-12-23-11-6-7-15-27(23)30)32(34)33-28-16-8-9-18-31(28)37-26-13-4-3-5-14-26/h3-21H,2,22H2,1H3,(H,33,34). The van der Waals surface area contributed by atoms with Gasteiger partial charge in [0.25, 0.3) is 5.91 Å². The molecule has 5 aromatic carbocycles. The number of amides is 1. The van der Waals surface area contributed by atoms with Gasteiger partial charge in [0.2, 0.25) is 0 Å². The van der Waals surface area contributed by atoms with Crippen LogP contribution in [0.25, 0.3) is 10.8 Å². The van der Waals surface area contributed by atoms with Crippen molar-refractivity contribution in [3.8, 4) is 11.5 Å². The van der Waals surface area contributed by atoms with Crippen molar-refractivity contribution in [3.63, 3.8) is 0 Å². The van der Waals surface area contributed by atoms with E-state index in [1.165, 1.54) is 0 Å². The lowest BCUT2D eigenvalue weighted by molar-refractivity contribution is 0.102. The number of carbonyl (C=O) groups is 1. The quantitative estimate of drug-likeness (QED) is 0.219. The fourth-order valence-corrected chi connectivity index (χ4v) is 5.00. The van der Waals surface area contributed by atoms with E-state index in [1.54, 1.807) is 17.8 Å². The van der Waals surface area contributed by atoms with E-state index in [9.17, 15) is 4.79 Å². The first-order valence-corrected chi connectivity index (χ1v) is 13.0. The Morgan fingerprint density at radius 1 is 0.757 bits per heavy atom. The molecule has 4 nitrogen and oxygen atoms in total. The summed E-state index contributed by atoms with van der Waals surface area (Å²) in [4.78, 5) is 15.4. The van der Waals surface area contributed by atoms with Gasteiger partial charge in [0.15, 0.2) is 0 Å². The van der Waals surface area contributed by atoms with E-state index in [-0.39, 0.29) is 12.5 Å². The number of ether oxygens (including phenoxy) is 2. The number of fused-ring (bicyclic) bond motifs is 1. The van der Waals surface area contributed by atoms with Gasteiger partial charge in [-0.25, -0.2) is 0 Å². The molecule has 5 rings (SSSR count). The van der Waals surface area contributed by atoms with E-state index in [1.807, 2.05) is 91.9 Å². The maximum absolute atomic E-state index is 13.3. The number of carbonyl (C=O) groups excluding carboxylic acids is 1. The summed E-state index contributed by atoms with van der Waals surface area (Å²) in [6.07, 6.45) is 0. The second kappa shape index (κ2) is 11.7. The van der Waals surface area contributed by atoms with Crippen LogP contribution in [0.4, 0.5) is 5.69 Å². The van der Waals surface area contributed by atoms with Crippen LogP contribution >= 0.6 is 11.8 Å². The van der Waals surface area contributed by atoms with Crippen molar-refractivity contribution in [2.45, 2.75) is 23.3 Å². The topological polar surface area (TPSA) is 47.6 Å². The van der Waals surface area contributed by atoms with Gasteiger partial charge in [-0.2, -0.15) is 0 Å². The normalized spacial score (nSPS) is 10.7. The van der Waals surface area contributed by atoms with Crippen LogP contribution in [-0.4, -0.2) is 12.5 Å². The van der Waals surface area contributed by atoms with E-state index in [0.717, 1.165) is 37.6 Å². The molecule has 0 atom stereocenters. The Bertz CT molecular complexity index is 1510. The summed E-state index contributed by atoms with van der Waals surface area (Å²) in [6, 6.07) is 37.5. The van der Waals surface area contributed by atoms with Crippen molar-refractivity contribution < 1.29 is 14.3 Å². The molecule has 0 saturated heterocycles. The van der Waals surface area contributed by atoms with Gasteiger partial charge in [0.05, 0.1) is 12.3 Å². The second-order valence-corrected chi connectivity index (χ2v) is 9.50. The number of hydrogen-bond donors (Lipinski definition) is 1. The highest BCUT2D eigenvalue weighted by Crippen LogP contribution is 2.34. The van der Waals surface area contributed by atoms with Crippen molar-refractivity contribution in [1.82, 2.24) is 0 Å². The Balaban J connectivity index is 1.37. The molecule has 0 bridgehead atoms. The summed E-state index contributed by atoms with van der Waals surface area (Å²) in [5.41, 5.74) is 2.12. The van der Waals surface area contributed by atoms with Gasteiger partial charge < -0.3 is 14.8 Å². The highest BCUT2D eigenvalue weighted by molar-refractivity contribution is 7.99. The van der Waals surface area contributed by atoms with Crippen molar-refractivity contribution in [2.24, 2.45) is 0 Å². The third-order valence-corrected chi connectivity index (χ3v) is 6.95. The molecule has 0 spiro atoms. The maximum Gasteiger partial charge on any atom is 0.255 e. The minimum Gasteiger partial charge on any atom is -0.493 e. The van der Waals surface area contributed by atoms with Crippen LogP contribution < -0.4 is 14.8 Å². The average molecular weight is 506 g/mol. The molecule has 0 unspecified atom stereocenters. The molecular formula is C32H27NO3S. The molecular weight excluding hydrogens is 478 g/mol. The Kier molecular flexibility index (Phi) is 7.72. The van der Waals surface area contributed by atoms with E-state index in [0.29, 0.717) is 17.9 Å². The molecule has 0 saturated carbocycles. The van der Waals surface area contributed by atoms with Gasteiger partial charge in [-0.05, 0) is 60.8 Å². The number of benzene rings is 5. The van der Waals surface area contributed by atoms with Gasteiger partial charge in [-0.15, -0.1) is 0 Å². The minimum absolute atomic E-state index is 0.185. The van der Waals surface area contributed by atoms with E-state index in [4.69, 9.17) is 9.47 Å². The van der Waals surface area contributed by atoms with Crippen molar-refractivity contribution in [3.05, 3.63) is 126 Å². The molecule has 0 aromatic heterocycles. The Hall–Kier alpha value is -4.22. The lowest BCUT2D eigenvalue weighted by Crippen LogP contribution is -2.13. The van der Waals surface area contributed by atoms with Crippen LogP contribution in [0.5, 0.6) is 11.5 Å². The largest absolute Gasteiger partial charge is 0.493 e. The van der Waals surface area contributed by atoms with E-state index in [2.05, 4.69) is 29.6 Å². The molecule has 1 N–H and O–H groups in total. The minimum atomic E-state index is -0.185. The fourth-order valence-electron chi connectivity index (χ4n) is 4.08. The molecule has 5 aromatic rings. The maximum atomic E-state index is 13.3. The van der Waals surface area contributed by atoms with Crippen LogP contribution in [0.1, 0.15) is 22.8 Å². The van der Waals surface area contributed by atoms with Gasteiger partial charge in [0.1, 0.15) is 18.1 Å². The van der Waals surface area contributed by atoms with Crippen LogP contribution in [-0.2, 0) is 6.61 Å². The molecule has 0 fully saturated rings. The highest BCUT2D eigenvalue weighted by Gasteiger charge is 2.14. The summed E-state index contributed by atoms with van der Waals surface area (Å²) < 4.78 is 12.1. The SMILES string of the molecule is CCOc1ccc(C(=O)Nc2ccccc2Sc2ccccc2)cc1COc1cccc2ccccc12. The summed E-state index contributed by atoms with van der Waals surface area (Å²) in [5, 5.41) is 5.24. The van der Waals surface area contributed by atoms with Gasteiger partial charge in [-0.3, -0.25) is 4.79 Å². The molecule has 0 heterocycles. The molecule has 0 aliphatic rings. The smallest absolute Gasteiger partial charge is 0.255 e. The summed E-state index contributed by atoms with van der Waals surface area (Å²) >= 11 is 1.62. The van der Waals surface area contributed by atoms with Crippen molar-refractivity contribution >= 4 is 34.1 Å². The fraction of sp³-hybridized carbons (Fsp3) is 0.0938. The second-order valence-electron chi connectivity index (χ2n) is 8.39. The van der Waals surface area contributed by atoms with Crippen molar-refractivity contribution in [2.75, 3.05) is 11.9 Å². The zero-order chi connectivity index (χ0) is 25.5. The molecule has 0 aliphatic carbocycles. The zero-order valence-electron chi connectivity index (χ0n) is 20.5. The number of hydrogen-bond acceptors (Lipinski definition) is 4. The molecule has 5 heteroatoms. The molecule has 184 valence electrons. The molecule has 0 radical (unpaired) electrons. The third kappa shape index (κ3) is 5.96. The third-order valence-electron chi connectivity index (χ3n) is 5.86. The van der Waals surface area contributed by atoms with Crippen LogP contribution in [0.3, 0.4) is 0 Å². The lowest BCUT2D eigenvalue weighted by Gasteiger charge is -2.15. The summed E-state index contributed by atoms with van der Waals surface area (Å²) in [7, 11) is 0. The predicted octanol–water partition coefficient (Wildman–Crippen LogP) is 8.22. The van der Waals surface area contributed by atoms with Crippen LogP contribution in [0.2, 0.25) is 0 Å². The Morgan fingerprint density at radius 2 is 1.51 bits per heavy atom. The number of anilines is 1. The molecule has 1 amide bonds. The first kappa shape index (κ1) is 24.5. The molecule has 0 aliphatic heterocycles. The van der Waals surface area contributed by atoms with E-state index >= 15 is 0 Å². The zero-order valence-corrected chi connectivity index (χ0v) is 21.3. The predicted molar refractivity (Wildman–Crippen MR) is 151 cm³/mol. The van der Waals surface area contributed by atoms with Crippen LogP contribution in [0.15, 0.2) is 125 Å². The van der Waals surface area contributed by atoms with E-state index < -0.39 is 0 Å². The lowest BCUT2D eigenvalue weighted by atomic mass is 10.1.